The monoisotopic (exact) mass is 461 g/mol. The van der Waals surface area contributed by atoms with E-state index in [9.17, 15) is 14.4 Å². The summed E-state index contributed by atoms with van der Waals surface area (Å²) in [6, 6.07) is 20.1. The lowest BCUT2D eigenvalue weighted by Gasteiger charge is -2.52. The second kappa shape index (κ2) is 6.53. The lowest BCUT2D eigenvalue weighted by Crippen LogP contribution is -2.57. The van der Waals surface area contributed by atoms with Crippen molar-refractivity contribution in [1.29, 1.82) is 0 Å². The Hall–Kier alpha value is -2.95. The number of benzene rings is 3. The number of halogens is 2. The van der Waals surface area contributed by atoms with Crippen LogP contribution in [0.3, 0.4) is 0 Å². The molecule has 1 heterocycles. The first-order valence-corrected chi connectivity index (χ1v) is 11.2. The summed E-state index contributed by atoms with van der Waals surface area (Å²) in [7, 11) is 0. The number of rotatable bonds is 2. The maximum absolute atomic E-state index is 13.9. The standard InChI is InChI=1S/C26H17Cl2NO3/c1-13(30)26-17-8-4-2-6-15(17)21(16-7-3-5-9-18(16)26)22-23(26)25(32)29(24(22)31)14-10-11-19(27)20(28)12-14/h2-12,21-23H,1H3/t21?,22-,23+,26?/m1/s1. The molecule has 1 saturated heterocycles. The molecule has 7 rings (SSSR count). The molecule has 0 aromatic heterocycles. The molecule has 1 aliphatic heterocycles. The fourth-order valence-electron chi connectivity index (χ4n) is 6.25. The molecule has 0 unspecified atom stereocenters. The van der Waals surface area contributed by atoms with Gasteiger partial charge in [0.2, 0.25) is 11.8 Å². The number of amides is 2. The molecule has 3 aromatic carbocycles. The quantitative estimate of drug-likeness (QED) is 0.496. The molecule has 4 nitrogen and oxygen atoms in total. The molecule has 0 saturated carbocycles. The zero-order chi connectivity index (χ0) is 22.4. The van der Waals surface area contributed by atoms with E-state index >= 15 is 0 Å². The van der Waals surface area contributed by atoms with Crippen molar-refractivity contribution >= 4 is 46.5 Å². The van der Waals surface area contributed by atoms with Crippen molar-refractivity contribution in [1.82, 2.24) is 0 Å². The zero-order valence-electron chi connectivity index (χ0n) is 17.0. The summed E-state index contributed by atoms with van der Waals surface area (Å²) in [4.78, 5) is 42.5. The number of anilines is 1. The van der Waals surface area contributed by atoms with E-state index in [-0.39, 0.29) is 28.5 Å². The molecule has 4 aliphatic rings. The van der Waals surface area contributed by atoms with Crippen molar-refractivity contribution in [3.63, 3.8) is 0 Å². The number of nitrogens with zero attached hydrogens (tertiary/aromatic N) is 1. The van der Waals surface area contributed by atoms with Crippen LogP contribution in [-0.4, -0.2) is 17.6 Å². The highest BCUT2D eigenvalue weighted by molar-refractivity contribution is 6.42. The normalized spacial score (nSPS) is 27.2. The number of Topliss-reactive ketones (excluding diaryl/α,β-unsaturated/α-hetero) is 1. The van der Waals surface area contributed by atoms with Crippen LogP contribution in [0.2, 0.25) is 10.0 Å². The molecular formula is C26H17Cl2NO3. The maximum Gasteiger partial charge on any atom is 0.239 e. The molecule has 32 heavy (non-hydrogen) atoms. The zero-order valence-corrected chi connectivity index (χ0v) is 18.5. The van der Waals surface area contributed by atoms with Gasteiger partial charge in [0.1, 0.15) is 5.78 Å². The summed E-state index contributed by atoms with van der Waals surface area (Å²) < 4.78 is 0. The summed E-state index contributed by atoms with van der Waals surface area (Å²) in [6.45, 7) is 1.52. The van der Waals surface area contributed by atoms with Crippen molar-refractivity contribution < 1.29 is 14.4 Å². The van der Waals surface area contributed by atoms with Gasteiger partial charge in [0, 0.05) is 5.92 Å². The van der Waals surface area contributed by atoms with E-state index in [1.165, 1.54) is 17.9 Å². The van der Waals surface area contributed by atoms with Crippen LogP contribution in [0.25, 0.3) is 0 Å². The van der Waals surface area contributed by atoms with E-state index in [2.05, 4.69) is 0 Å². The highest BCUT2D eigenvalue weighted by atomic mass is 35.5. The summed E-state index contributed by atoms with van der Waals surface area (Å²) in [5.74, 6) is -2.58. The van der Waals surface area contributed by atoms with Gasteiger partial charge in [0.05, 0.1) is 33.0 Å². The molecule has 2 bridgehead atoms. The van der Waals surface area contributed by atoms with Gasteiger partial charge in [-0.25, -0.2) is 4.90 Å². The van der Waals surface area contributed by atoms with Crippen LogP contribution in [-0.2, 0) is 19.8 Å². The third-order valence-electron chi connectivity index (χ3n) is 7.33. The van der Waals surface area contributed by atoms with Crippen LogP contribution >= 0.6 is 23.2 Å². The predicted octanol–water partition coefficient (Wildman–Crippen LogP) is 5.13. The van der Waals surface area contributed by atoms with E-state index in [1.807, 2.05) is 48.5 Å². The minimum absolute atomic E-state index is 0.136. The highest BCUT2D eigenvalue weighted by Crippen LogP contribution is 2.64. The Morgan fingerprint density at radius 3 is 2.00 bits per heavy atom. The van der Waals surface area contributed by atoms with E-state index in [0.29, 0.717) is 10.7 Å². The SMILES string of the molecule is CC(=O)C12c3ccccc3C(c3ccccc31)[C@H]1C(=O)N(c3ccc(Cl)c(Cl)c3)C(=O)[C@H]12. The summed E-state index contributed by atoms with van der Waals surface area (Å²) >= 11 is 12.3. The van der Waals surface area contributed by atoms with Crippen LogP contribution in [0.15, 0.2) is 66.7 Å². The molecule has 0 spiro atoms. The summed E-state index contributed by atoms with van der Waals surface area (Å²) in [5, 5.41) is 0.600. The van der Waals surface area contributed by atoms with Crippen molar-refractivity contribution in [2.24, 2.45) is 11.8 Å². The van der Waals surface area contributed by atoms with E-state index in [0.717, 1.165) is 22.3 Å². The first-order chi connectivity index (χ1) is 15.4. The van der Waals surface area contributed by atoms with Crippen molar-refractivity contribution in [3.8, 4) is 0 Å². The van der Waals surface area contributed by atoms with Gasteiger partial charge in [-0.2, -0.15) is 0 Å². The summed E-state index contributed by atoms with van der Waals surface area (Å²) in [5.41, 5.74) is 2.71. The van der Waals surface area contributed by atoms with Gasteiger partial charge in [-0.1, -0.05) is 71.7 Å². The van der Waals surface area contributed by atoms with Gasteiger partial charge in [0.25, 0.3) is 0 Å². The number of hydrogen-bond acceptors (Lipinski definition) is 3. The molecule has 0 N–H and O–H groups in total. The first-order valence-electron chi connectivity index (χ1n) is 10.4. The van der Waals surface area contributed by atoms with E-state index < -0.39 is 17.3 Å². The van der Waals surface area contributed by atoms with Gasteiger partial charge in [-0.15, -0.1) is 0 Å². The summed E-state index contributed by atoms with van der Waals surface area (Å²) in [6.07, 6.45) is 0. The topological polar surface area (TPSA) is 54.5 Å². The third kappa shape index (κ3) is 2.17. The average Bonchev–Trinajstić information content (AvgIpc) is 3.06. The molecule has 6 heteroatoms. The number of hydrogen-bond donors (Lipinski definition) is 0. The molecular weight excluding hydrogens is 445 g/mol. The Kier molecular flexibility index (Phi) is 4.02. The highest BCUT2D eigenvalue weighted by Gasteiger charge is 2.69. The van der Waals surface area contributed by atoms with Crippen LogP contribution in [0.1, 0.15) is 35.1 Å². The number of carbonyl (C=O) groups is 3. The Morgan fingerprint density at radius 1 is 0.844 bits per heavy atom. The maximum atomic E-state index is 13.9. The van der Waals surface area contributed by atoms with Gasteiger partial charge < -0.3 is 0 Å². The third-order valence-corrected chi connectivity index (χ3v) is 8.07. The molecule has 158 valence electrons. The number of ketones is 1. The van der Waals surface area contributed by atoms with Crippen molar-refractivity contribution in [3.05, 3.63) is 99.0 Å². The molecule has 1 fully saturated rings. The first kappa shape index (κ1) is 19.7. The van der Waals surface area contributed by atoms with E-state index in [1.54, 1.807) is 12.1 Å². The molecule has 2 atom stereocenters. The van der Waals surface area contributed by atoms with Crippen molar-refractivity contribution in [2.45, 2.75) is 18.3 Å². The fraction of sp³-hybridized carbons (Fsp3) is 0.192. The number of imide groups is 1. The molecule has 2 amide bonds. The number of carbonyl (C=O) groups excluding carboxylic acids is 3. The van der Waals surface area contributed by atoms with Gasteiger partial charge in [-0.05, 0) is 47.4 Å². The second-order valence-corrected chi connectivity index (χ2v) is 9.44. The Balaban J connectivity index is 1.66. The van der Waals surface area contributed by atoms with Gasteiger partial charge >= 0.3 is 0 Å². The minimum Gasteiger partial charge on any atom is -0.299 e. The fourth-order valence-corrected chi connectivity index (χ4v) is 6.54. The molecule has 0 radical (unpaired) electrons. The Morgan fingerprint density at radius 2 is 1.44 bits per heavy atom. The predicted molar refractivity (Wildman–Crippen MR) is 122 cm³/mol. The van der Waals surface area contributed by atoms with Crippen LogP contribution in [0.5, 0.6) is 0 Å². The van der Waals surface area contributed by atoms with Gasteiger partial charge in [0.15, 0.2) is 0 Å². The van der Waals surface area contributed by atoms with Crippen LogP contribution in [0, 0.1) is 11.8 Å². The minimum atomic E-state index is -1.20. The lowest BCUT2D eigenvalue weighted by atomic mass is 9.46. The second-order valence-electron chi connectivity index (χ2n) is 8.63. The average molecular weight is 462 g/mol. The van der Waals surface area contributed by atoms with Crippen LogP contribution in [0.4, 0.5) is 5.69 Å². The van der Waals surface area contributed by atoms with Crippen molar-refractivity contribution in [2.75, 3.05) is 4.90 Å². The van der Waals surface area contributed by atoms with Gasteiger partial charge in [-0.3, -0.25) is 14.4 Å². The van der Waals surface area contributed by atoms with Crippen LogP contribution < -0.4 is 4.90 Å². The Bertz CT molecular complexity index is 1320. The molecule has 3 aliphatic carbocycles. The Labute approximate surface area is 194 Å². The molecule has 3 aromatic rings. The lowest BCUT2D eigenvalue weighted by molar-refractivity contribution is -0.132. The van der Waals surface area contributed by atoms with E-state index in [4.69, 9.17) is 23.2 Å². The smallest absolute Gasteiger partial charge is 0.239 e. The largest absolute Gasteiger partial charge is 0.299 e.